The van der Waals surface area contributed by atoms with Crippen molar-refractivity contribution in [1.82, 2.24) is 9.97 Å². The maximum atomic E-state index is 5.14. The topological polar surface area (TPSA) is 35.0 Å². The molecule has 0 amide bonds. The third-order valence-electron chi connectivity index (χ3n) is 2.18. The highest BCUT2D eigenvalue weighted by Crippen LogP contribution is 2.30. The first kappa shape index (κ1) is 12.4. The fourth-order valence-corrected chi connectivity index (χ4v) is 2.46. The molecular formula is C12H11BrN2OS. The van der Waals surface area contributed by atoms with Crippen LogP contribution in [-0.4, -0.2) is 17.1 Å². The van der Waals surface area contributed by atoms with Gasteiger partial charge in [-0.05, 0) is 46.2 Å². The number of hydrogen-bond donors (Lipinski definition) is 0. The number of methoxy groups -OCH3 is 1. The number of benzene rings is 1. The molecule has 0 radical (unpaired) electrons. The predicted octanol–water partition coefficient (Wildman–Crippen LogP) is 3.71. The SMILES string of the molecule is COc1nc(Sc2ccccc2C)ncc1Br. The van der Waals surface area contributed by atoms with E-state index >= 15 is 0 Å². The van der Waals surface area contributed by atoms with Crippen molar-refractivity contribution in [2.45, 2.75) is 17.0 Å². The van der Waals surface area contributed by atoms with Crippen LogP contribution in [0.5, 0.6) is 5.88 Å². The van der Waals surface area contributed by atoms with Gasteiger partial charge in [0.15, 0.2) is 5.16 Å². The minimum Gasteiger partial charge on any atom is -0.480 e. The number of nitrogens with zero attached hydrogens (tertiary/aromatic N) is 2. The summed E-state index contributed by atoms with van der Waals surface area (Å²) in [7, 11) is 1.59. The first-order chi connectivity index (χ1) is 8.20. The molecule has 0 fully saturated rings. The molecular weight excluding hydrogens is 300 g/mol. The molecule has 0 aliphatic rings. The zero-order chi connectivity index (χ0) is 12.3. The molecule has 2 rings (SSSR count). The van der Waals surface area contributed by atoms with E-state index < -0.39 is 0 Å². The van der Waals surface area contributed by atoms with Crippen molar-refractivity contribution in [2.75, 3.05) is 7.11 Å². The van der Waals surface area contributed by atoms with Crippen LogP contribution in [0.2, 0.25) is 0 Å². The Balaban J connectivity index is 2.28. The van der Waals surface area contributed by atoms with Crippen LogP contribution in [0.25, 0.3) is 0 Å². The van der Waals surface area contributed by atoms with Crippen LogP contribution < -0.4 is 4.74 Å². The largest absolute Gasteiger partial charge is 0.480 e. The second-order valence-electron chi connectivity index (χ2n) is 3.38. The van der Waals surface area contributed by atoms with E-state index in [1.165, 1.54) is 17.3 Å². The van der Waals surface area contributed by atoms with Gasteiger partial charge in [0.05, 0.1) is 11.6 Å². The van der Waals surface area contributed by atoms with Crippen molar-refractivity contribution < 1.29 is 4.74 Å². The summed E-state index contributed by atoms with van der Waals surface area (Å²) in [4.78, 5) is 9.71. The Morgan fingerprint density at radius 3 is 2.76 bits per heavy atom. The molecule has 1 aromatic heterocycles. The van der Waals surface area contributed by atoms with Gasteiger partial charge >= 0.3 is 0 Å². The Hall–Kier alpha value is -1.07. The molecule has 0 spiro atoms. The van der Waals surface area contributed by atoms with Crippen LogP contribution in [0.15, 0.2) is 45.0 Å². The number of aryl methyl sites for hydroxylation is 1. The van der Waals surface area contributed by atoms with Gasteiger partial charge in [-0.25, -0.2) is 4.98 Å². The first-order valence-corrected chi connectivity index (χ1v) is 6.61. The van der Waals surface area contributed by atoms with E-state index in [0.717, 1.165) is 9.37 Å². The lowest BCUT2D eigenvalue weighted by Crippen LogP contribution is -1.93. The van der Waals surface area contributed by atoms with Crippen LogP contribution in [0.4, 0.5) is 0 Å². The molecule has 0 unspecified atom stereocenters. The highest BCUT2D eigenvalue weighted by molar-refractivity contribution is 9.10. The summed E-state index contributed by atoms with van der Waals surface area (Å²) in [6, 6.07) is 8.14. The average Bonchev–Trinajstić information content (AvgIpc) is 2.34. The van der Waals surface area contributed by atoms with Gasteiger partial charge in [-0.3, -0.25) is 0 Å². The molecule has 0 saturated heterocycles. The third kappa shape index (κ3) is 2.98. The van der Waals surface area contributed by atoms with Crippen molar-refractivity contribution in [3.05, 3.63) is 40.5 Å². The fraction of sp³-hybridized carbons (Fsp3) is 0.167. The summed E-state index contributed by atoms with van der Waals surface area (Å²) in [5.41, 5.74) is 1.21. The quantitative estimate of drug-likeness (QED) is 0.810. The Morgan fingerprint density at radius 2 is 2.06 bits per heavy atom. The molecule has 0 aliphatic carbocycles. The monoisotopic (exact) mass is 310 g/mol. The lowest BCUT2D eigenvalue weighted by atomic mass is 10.2. The van der Waals surface area contributed by atoms with Crippen molar-refractivity contribution in [3.8, 4) is 5.88 Å². The molecule has 2 aromatic rings. The van der Waals surface area contributed by atoms with E-state index in [1.807, 2.05) is 12.1 Å². The normalized spacial score (nSPS) is 10.3. The molecule has 1 aromatic carbocycles. The summed E-state index contributed by atoms with van der Waals surface area (Å²) in [5.74, 6) is 0.552. The average molecular weight is 311 g/mol. The molecule has 0 saturated carbocycles. The van der Waals surface area contributed by atoms with Crippen LogP contribution in [0.3, 0.4) is 0 Å². The van der Waals surface area contributed by atoms with Gasteiger partial charge in [0.1, 0.15) is 0 Å². The molecule has 88 valence electrons. The summed E-state index contributed by atoms with van der Waals surface area (Å²) in [6.45, 7) is 2.07. The maximum absolute atomic E-state index is 5.14. The van der Waals surface area contributed by atoms with Crippen molar-refractivity contribution >= 4 is 27.7 Å². The zero-order valence-electron chi connectivity index (χ0n) is 9.48. The number of aromatic nitrogens is 2. The molecule has 1 heterocycles. The molecule has 0 aliphatic heterocycles. The Bertz CT molecular complexity index is 534. The van der Waals surface area contributed by atoms with Crippen molar-refractivity contribution in [3.63, 3.8) is 0 Å². The van der Waals surface area contributed by atoms with Crippen LogP contribution >= 0.6 is 27.7 Å². The standard InChI is InChI=1S/C12H11BrN2OS/c1-8-5-3-4-6-10(8)17-12-14-7-9(13)11(15-12)16-2/h3-7H,1-2H3. The molecule has 0 atom stereocenters. The molecule has 3 nitrogen and oxygen atoms in total. The van der Waals surface area contributed by atoms with Gasteiger partial charge in [0.25, 0.3) is 0 Å². The number of halogens is 1. The molecule has 0 bridgehead atoms. The predicted molar refractivity (Wildman–Crippen MR) is 71.6 cm³/mol. The highest BCUT2D eigenvalue weighted by Gasteiger charge is 2.07. The van der Waals surface area contributed by atoms with Gasteiger partial charge in [-0.2, -0.15) is 4.98 Å². The first-order valence-electron chi connectivity index (χ1n) is 5.00. The zero-order valence-corrected chi connectivity index (χ0v) is 11.9. The second kappa shape index (κ2) is 5.51. The van der Waals surface area contributed by atoms with Crippen LogP contribution in [0.1, 0.15) is 5.56 Å². The van der Waals surface area contributed by atoms with Gasteiger partial charge < -0.3 is 4.74 Å². The third-order valence-corrected chi connectivity index (χ3v) is 3.78. The Labute approximate surface area is 113 Å². The summed E-state index contributed by atoms with van der Waals surface area (Å²) in [6.07, 6.45) is 1.70. The van der Waals surface area contributed by atoms with Gasteiger partial charge in [0.2, 0.25) is 5.88 Å². The van der Waals surface area contributed by atoms with E-state index in [0.29, 0.717) is 11.0 Å². The lowest BCUT2D eigenvalue weighted by molar-refractivity contribution is 0.389. The van der Waals surface area contributed by atoms with E-state index in [9.17, 15) is 0 Å². The minimum absolute atomic E-state index is 0.552. The van der Waals surface area contributed by atoms with Crippen molar-refractivity contribution in [2.24, 2.45) is 0 Å². The van der Waals surface area contributed by atoms with Gasteiger partial charge in [-0.1, -0.05) is 18.2 Å². The van der Waals surface area contributed by atoms with E-state index in [4.69, 9.17) is 4.74 Å². The van der Waals surface area contributed by atoms with Gasteiger partial charge in [0, 0.05) is 11.1 Å². The summed E-state index contributed by atoms with van der Waals surface area (Å²) >= 11 is 4.86. The van der Waals surface area contributed by atoms with Crippen LogP contribution in [0, 0.1) is 6.92 Å². The number of ether oxygens (including phenoxy) is 1. The van der Waals surface area contributed by atoms with Crippen molar-refractivity contribution in [1.29, 1.82) is 0 Å². The van der Waals surface area contributed by atoms with E-state index in [-0.39, 0.29) is 0 Å². The Kier molecular flexibility index (Phi) is 4.02. The lowest BCUT2D eigenvalue weighted by Gasteiger charge is -2.06. The Morgan fingerprint density at radius 1 is 1.29 bits per heavy atom. The maximum Gasteiger partial charge on any atom is 0.231 e. The fourth-order valence-electron chi connectivity index (χ4n) is 1.30. The molecule has 17 heavy (non-hydrogen) atoms. The number of rotatable bonds is 3. The van der Waals surface area contributed by atoms with Gasteiger partial charge in [-0.15, -0.1) is 0 Å². The second-order valence-corrected chi connectivity index (χ2v) is 5.24. The summed E-state index contributed by atoms with van der Waals surface area (Å²) in [5, 5.41) is 0.680. The van der Waals surface area contributed by atoms with E-state index in [1.54, 1.807) is 13.3 Å². The summed E-state index contributed by atoms with van der Waals surface area (Å²) < 4.78 is 5.90. The smallest absolute Gasteiger partial charge is 0.231 e. The molecule has 5 heteroatoms. The molecule has 0 N–H and O–H groups in total. The highest BCUT2D eigenvalue weighted by atomic mass is 79.9. The van der Waals surface area contributed by atoms with E-state index in [2.05, 4.69) is 45.0 Å². The number of hydrogen-bond acceptors (Lipinski definition) is 4. The minimum atomic E-state index is 0.552. The van der Waals surface area contributed by atoms with Crippen LogP contribution in [-0.2, 0) is 0 Å².